The van der Waals surface area contributed by atoms with Gasteiger partial charge in [-0.3, -0.25) is 9.59 Å². The summed E-state index contributed by atoms with van der Waals surface area (Å²) in [7, 11) is 0. The van der Waals surface area contributed by atoms with E-state index in [1.165, 1.54) is 0 Å². The Hall–Kier alpha value is -1.06. The largest absolute Gasteiger partial charge is 0.329 e. The fourth-order valence-corrected chi connectivity index (χ4v) is 3.92. The third kappa shape index (κ3) is 1.65. The molecular formula is C14H22N2O2. The molecule has 3 aliphatic rings. The molecule has 3 aliphatic heterocycles. The Morgan fingerprint density at radius 1 is 1.06 bits per heavy atom. The summed E-state index contributed by atoms with van der Waals surface area (Å²) in [5.74, 6) is 1.42. The van der Waals surface area contributed by atoms with Gasteiger partial charge in [0.05, 0.1) is 0 Å². The van der Waals surface area contributed by atoms with Crippen LogP contribution in [0.5, 0.6) is 0 Å². The van der Waals surface area contributed by atoms with Crippen LogP contribution in [0.2, 0.25) is 0 Å². The van der Waals surface area contributed by atoms with Gasteiger partial charge in [0, 0.05) is 13.1 Å². The Labute approximate surface area is 108 Å². The Balaban J connectivity index is 1.81. The lowest BCUT2D eigenvalue weighted by atomic mass is 9.99. The zero-order chi connectivity index (χ0) is 12.9. The number of fused-ring (bicyclic) bond motifs is 2. The lowest BCUT2D eigenvalue weighted by Gasteiger charge is -2.38. The van der Waals surface area contributed by atoms with Gasteiger partial charge >= 0.3 is 0 Å². The summed E-state index contributed by atoms with van der Waals surface area (Å²) < 4.78 is 0. The van der Waals surface area contributed by atoms with E-state index in [2.05, 4.69) is 13.8 Å². The molecule has 3 rings (SSSR count). The van der Waals surface area contributed by atoms with Gasteiger partial charge in [-0.05, 0) is 31.1 Å². The smallest absolute Gasteiger partial charge is 0.246 e. The Bertz CT molecular complexity index is 350. The Morgan fingerprint density at radius 3 is 2.33 bits per heavy atom. The molecule has 4 heteroatoms. The van der Waals surface area contributed by atoms with Crippen molar-refractivity contribution >= 4 is 11.8 Å². The number of amides is 2. The summed E-state index contributed by atoms with van der Waals surface area (Å²) in [4.78, 5) is 28.6. The highest BCUT2D eigenvalue weighted by molar-refractivity contribution is 5.98. The van der Waals surface area contributed by atoms with E-state index in [9.17, 15) is 9.59 Å². The van der Waals surface area contributed by atoms with E-state index >= 15 is 0 Å². The molecule has 0 spiro atoms. The number of carbonyl (C=O) groups is 2. The second-order valence-electron chi connectivity index (χ2n) is 6.24. The first kappa shape index (κ1) is 12.0. The number of rotatable bonds is 2. The van der Waals surface area contributed by atoms with E-state index in [0.717, 1.165) is 38.8 Å². The molecule has 18 heavy (non-hydrogen) atoms. The summed E-state index contributed by atoms with van der Waals surface area (Å²) in [6.45, 7) is 5.88. The van der Waals surface area contributed by atoms with E-state index in [1.54, 1.807) is 0 Å². The van der Waals surface area contributed by atoms with E-state index < -0.39 is 0 Å². The van der Waals surface area contributed by atoms with E-state index in [1.807, 2.05) is 9.80 Å². The molecular weight excluding hydrogens is 228 g/mol. The normalized spacial score (nSPS) is 39.2. The van der Waals surface area contributed by atoms with Crippen molar-refractivity contribution in [2.45, 2.75) is 51.6 Å². The quantitative estimate of drug-likeness (QED) is 0.740. The second kappa shape index (κ2) is 4.25. The number of carbonyl (C=O) groups excluding carboxylic acids is 2. The van der Waals surface area contributed by atoms with Crippen molar-refractivity contribution in [2.24, 2.45) is 11.8 Å². The molecule has 4 atom stereocenters. The number of piperazine rings is 1. The summed E-state index contributed by atoms with van der Waals surface area (Å²) in [6.07, 6.45) is 4.01. The first-order chi connectivity index (χ1) is 8.61. The van der Waals surface area contributed by atoms with Crippen molar-refractivity contribution in [2.75, 3.05) is 13.1 Å². The van der Waals surface area contributed by atoms with Crippen LogP contribution < -0.4 is 0 Å². The monoisotopic (exact) mass is 250 g/mol. The highest BCUT2D eigenvalue weighted by atomic mass is 16.2. The van der Waals surface area contributed by atoms with Gasteiger partial charge in [0.2, 0.25) is 11.8 Å². The van der Waals surface area contributed by atoms with Gasteiger partial charge in [0.15, 0.2) is 0 Å². The SMILES string of the molecule is CCCC1CC2C(=O)N3CC(C)CC3C(=O)N2C1. The van der Waals surface area contributed by atoms with Crippen LogP contribution in [0.15, 0.2) is 0 Å². The van der Waals surface area contributed by atoms with E-state index in [0.29, 0.717) is 11.8 Å². The van der Waals surface area contributed by atoms with Gasteiger partial charge < -0.3 is 9.80 Å². The highest BCUT2D eigenvalue weighted by Crippen LogP contribution is 2.37. The molecule has 4 unspecified atom stereocenters. The molecule has 4 nitrogen and oxygen atoms in total. The van der Waals surface area contributed by atoms with Gasteiger partial charge in [-0.15, -0.1) is 0 Å². The van der Waals surface area contributed by atoms with Crippen LogP contribution in [-0.2, 0) is 9.59 Å². The maximum Gasteiger partial charge on any atom is 0.246 e. The van der Waals surface area contributed by atoms with Crippen LogP contribution in [0.3, 0.4) is 0 Å². The van der Waals surface area contributed by atoms with E-state index in [-0.39, 0.29) is 23.9 Å². The average Bonchev–Trinajstić information content (AvgIpc) is 2.91. The molecule has 0 N–H and O–H groups in total. The van der Waals surface area contributed by atoms with Crippen LogP contribution in [-0.4, -0.2) is 46.8 Å². The van der Waals surface area contributed by atoms with Crippen LogP contribution in [0, 0.1) is 11.8 Å². The Morgan fingerprint density at radius 2 is 1.67 bits per heavy atom. The molecule has 0 aromatic carbocycles. The molecule has 3 fully saturated rings. The lowest BCUT2D eigenvalue weighted by Crippen LogP contribution is -2.60. The lowest BCUT2D eigenvalue weighted by molar-refractivity contribution is -0.156. The van der Waals surface area contributed by atoms with Crippen molar-refractivity contribution in [1.29, 1.82) is 0 Å². The maximum atomic E-state index is 12.5. The third-order valence-corrected chi connectivity index (χ3v) is 4.73. The number of hydrogen-bond acceptors (Lipinski definition) is 2. The standard InChI is InChI=1S/C14H22N2O2/c1-3-4-10-6-12-14(18)15-7-9(2)5-11(15)13(17)16(12)8-10/h9-12H,3-8H2,1-2H3. The summed E-state index contributed by atoms with van der Waals surface area (Å²) >= 11 is 0. The summed E-state index contributed by atoms with van der Waals surface area (Å²) in [6, 6.07) is -0.292. The molecule has 0 aromatic heterocycles. The number of hydrogen-bond donors (Lipinski definition) is 0. The average molecular weight is 250 g/mol. The van der Waals surface area contributed by atoms with E-state index in [4.69, 9.17) is 0 Å². The minimum atomic E-state index is -0.149. The zero-order valence-corrected chi connectivity index (χ0v) is 11.3. The molecule has 0 aliphatic carbocycles. The van der Waals surface area contributed by atoms with Crippen molar-refractivity contribution in [1.82, 2.24) is 9.80 Å². The van der Waals surface area contributed by atoms with Gasteiger partial charge in [-0.25, -0.2) is 0 Å². The van der Waals surface area contributed by atoms with Gasteiger partial charge in [-0.2, -0.15) is 0 Å². The molecule has 0 aromatic rings. The fourth-order valence-electron chi connectivity index (χ4n) is 3.92. The molecule has 0 bridgehead atoms. The van der Waals surface area contributed by atoms with Crippen LogP contribution in [0.4, 0.5) is 0 Å². The van der Waals surface area contributed by atoms with Crippen molar-refractivity contribution in [3.05, 3.63) is 0 Å². The minimum Gasteiger partial charge on any atom is -0.329 e. The molecule has 2 amide bonds. The van der Waals surface area contributed by atoms with Crippen molar-refractivity contribution in [3.8, 4) is 0 Å². The van der Waals surface area contributed by atoms with Crippen LogP contribution in [0.25, 0.3) is 0 Å². The molecule has 0 radical (unpaired) electrons. The molecule has 3 saturated heterocycles. The molecule has 0 saturated carbocycles. The highest BCUT2D eigenvalue weighted by Gasteiger charge is 2.52. The number of nitrogens with zero attached hydrogens (tertiary/aromatic N) is 2. The predicted octanol–water partition coefficient (Wildman–Crippen LogP) is 1.25. The van der Waals surface area contributed by atoms with Crippen LogP contribution >= 0.6 is 0 Å². The second-order valence-corrected chi connectivity index (χ2v) is 6.24. The molecule has 100 valence electrons. The van der Waals surface area contributed by atoms with Crippen LogP contribution in [0.1, 0.15) is 39.5 Å². The van der Waals surface area contributed by atoms with Gasteiger partial charge in [-0.1, -0.05) is 20.3 Å². The minimum absolute atomic E-state index is 0.143. The Kier molecular flexibility index (Phi) is 2.83. The summed E-state index contributed by atoms with van der Waals surface area (Å²) in [5.41, 5.74) is 0. The molecule has 3 heterocycles. The maximum absolute atomic E-state index is 12.5. The van der Waals surface area contributed by atoms with Gasteiger partial charge in [0.25, 0.3) is 0 Å². The first-order valence-corrected chi connectivity index (χ1v) is 7.22. The fraction of sp³-hybridized carbons (Fsp3) is 0.857. The third-order valence-electron chi connectivity index (χ3n) is 4.73. The topological polar surface area (TPSA) is 40.6 Å². The zero-order valence-electron chi connectivity index (χ0n) is 11.3. The first-order valence-electron chi connectivity index (χ1n) is 7.22. The van der Waals surface area contributed by atoms with Crippen molar-refractivity contribution < 1.29 is 9.59 Å². The predicted molar refractivity (Wildman–Crippen MR) is 67.8 cm³/mol. The summed E-state index contributed by atoms with van der Waals surface area (Å²) in [5, 5.41) is 0. The van der Waals surface area contributed by atoms with Crippen molar-refractivity contribution in [3.63, 3.8) is 0 Å². The van der Waals surface area contributed by atoms with Gasteiger partial charge in [0.1, 0.15) is 12.1 Å².